The molecule has 6 aromatic carbocycles. The van der Waals surface area contributed by atoms with Gasteiger partial charge in [0.2, 0.25) is 0 Å². The van der Waals surface area contributed by atoms with E-state index in [0.717, 1.165) is 60.7 Å². The molecule has 5 nitrogen and oxygen atoms in total. The van der Waals surface area contributed by atoms with Gasteiger partial charge in [-0.2, -0.15) is 0 Å². The van der Waals surface area contributed by atoms with E-state index in [4.69, 9.17) is 24.9 Å². The molecule has 2 heterocycles. The van der Waals surface area contributed by atoms with Gasteiger partial charge >= 0.3 is 0 Å². The molecule has 2 aromatic heterocycles. The van der Waals surface area contributed by atoms with Gasteiger partial charge in [-0.3, -0.25) is 0 Å². The second kappa shape index (κ2) is 9.98. The van der Waals surface area contributed by atoms with Gasteiger partial charge in [0.25, 0.3) is 0 Å². The largest absolute Gasteiger partial charge is 0.244 e. The fourth-order valence-corrected chi connectivity index (χ4v) is 5.45. The molecule has 0 radical (unpaired) electrons. The van der Waals surface area contributed by atoms with Gasteiger partial charge in [-0.15, -0.1) is 0 Å². The minimum Gasteiger partial charge on any atom is -0.244 e. The number of hydrogen-bond donors (Lipinski definition) is 0. The van der Waals surface area contributed by atoms with E-state index in [2.05, 4.69) is 54.6 Å². The van der Waals surface area contributed by atoms with Gasteiger partial charge in [-0.1, -0.05) is 115 Å². The number of nitrogens with zero attached hydrogens (tertiary/aromatic N) is 5. The normalized spacial score (nSPS) is 11.3. The predicted molar refractivity (Wildman–Crippen MR) is 170 cm³/mol. The highest BCUT2D eigenvalue weighted by molar-refractivity contribution is 6.12. The molecular weight excluding hydrogens is 514 g/mol. The standard InChI is InChI=1S/C37H23N5/c1-3-12-24(13-4-1)35-40-36(25-14-5-2-6-15-25)42-37(41-35)27-17-11-16-26(22-27)30-23-33-34(29-19-8-7-18-28(29)30)39-32-21-10-9-20-31(32)38-33/h1-23H. The molecule has 0 amide bonds. The molecule has 0 aliphatic carbocycles. The Kier molecular flexibility index (Phi) is 5.71. The summed E-state index contributed by atoms with van der Waals surface area (Å²) in [7, 11) is 0. The molecule has 0 saturated heterocycles. The number of fused-ring (bicyclic) bond motifs is 4. The first-order valence-electron chi connectivity index (χ1n) is 13.9. The van der Waals surface area contributed by atoms with Crippen molar-refractivity contribution in [2.24, 2.45) is 0 Å². The van der Waals surface area contributed by atoms with Gasteiger partial charge in [0, 0.05) is 22.1 Å². The van der Waals surface area contributed by atoms with Crippen LogP contribution >= 0.6 is 0 Å². The van der Waals surface area contributed by atoms with Crippen LogP contribution in [0.15, 0.2) is 140 Å². The molecule has 42 heavy (non-hydrogen) atoms. The Morgan fingerprint density at radius 3 is 1.48 bits per heavy atom. The Balaban J connectivity index is 1.33. The molecule has 0 fully saturated rings. The first kappa shape index (κ1) is 24.0. The molecular formula is C37H23N5. The fraction of sp³-hybridized carbons (Fsp3) is 0. The summed E-state index contributed by atoms with van der Waals surface area (Å²) in [5.74, 6) is 1.91. The van der Waals surface area contributed by atoms with E-state index in [9.17, 15) is 0 Å². The SMILES string of the molecule is c1ccc(-c2nc(-c3ccccc3)nc(-c3cccc(-c4cc5nc6ccccc6nc5c5ccccc45)c3)n2)cc1. The van der Waals surface area contributed by atoms with Crippen LogP contribution in [0.3, 0.4) is 0 Å². The lowest BCUT2D eigenvalue weighted by Gasteiger charge is -2.12. The van der Waals surface area contributed by atoms with Crippen LogP contribution < -0.4 is 0 Å². The number of aromatic nitrogens is 5. The van der Waals surface area contributed by atoms with Gasteiger partial charge in [-0.25, -0.2) is 24.9 Å². The minimum atomic E-state index is 0.625. The summed E-state index contributed by atoms with van der Waals surface area (Å²) in [5, 5.41) is 2.20. The fourth-order valence-electron chi connectivity index (χ4n) is 5.45. The highest BCUT2D eigenvalue weighted by atomic mass is 15.0. The van der Waals surface area contributed by atoms with Crippen LogP contribution in [0, 0.1) is 0 Å². The van der Waals surface area contributed by atoms with E-state index in [0.29, 0.717) is 17.5 Å². The topological polar surface area (TPSA) is 64.5 Å². The van der Waals surface area contributed by atoms with Gasteiger partial charge < -0.3 is 0 Å². The van der Waals surface area contributed by atoms with Crippen LogP contribution in [-0.2, 0) is 0 Å². The first-order chi connectivity index (χ1) is 20.8. The molecule has 0 bridgehead atoms. The third kappa shape index (κ3) is 4.25. The summed E-state index contributed by atoms with van der Waals surface area (Å²) in [6.07, 6.45) is 0. The summed E-state index contributed by atoms with van der Waals surface area (Å²) in [6.45, 7) is 0. The zero-order chi connectivity index (χ0) is 27.9. The van der Waals surface area contributed by atoms with Crippen LogP contribution in [-0.4, -0.2) is 24.9 Å². The number of rotatable bonds is 4. The van der Waals surface area contributed by atoms with Crippen molar-refractivity contribution in [1.29, 1.82) is 0 Å². The van der Waals surface area contributed by atoms with E-state index in [1.165, 1.54) is 0 Å². The van der Waals surface area contributed by atoms with E-state index in [1.807, 2.05) is 84.9 Å². The third-order valence-corrected chi connectivity index (χ3v) is 7.48. The predicted octanol–water partition coefficient (Wildman–Crippen LogP) is 8.79. The van der Waals surface area contributed by atoms with Gasteiger partial charge in [0.05, 0.1) is 22.1 Å². The molecule has 5 heteroatoms. The number of hydrogen-bond acceptors (Lipinski definition) is 5. The molecule has 0 saturated carbocycles. The van der Waals surface area contributed by atoms with Crippen molar-refractivity contribution >= 4 is 32.8 Å². The molecule has 0 N–H and O–H groups in total. The van der Waals surface area contributed by atoms with Gasteiger partial charge in [0.1, 0.15) is 0 Å². The van der Waals surface area contributed by atoms with E-state index in [-0.39, 0.29) is 0 Å². The molecule has 0 aliphatic heterocycles. The van der Waals surface area contributed by atoms with Gasteiger partial charge in [-0.05, 0) is 40.8 Å². The lowest BCUT2D eigenvalue weighted by Crippen LogP contribution is -2.00. The second-order valence-corrected chi connectivity index (χ2v) is 10.2. The first-order valence-corrected chi connectivity index (χ1v) is 13.9. The van der Waals surface area contributed by atoms with Crippen LogP contribution in [0.2, 0.25) is 0 Å². The number of benzene rings is 6. The van der Waals surface area contributed by atoms with Crippen LogP contribution in [0.5, 0.6) is 0 Å². The lowest BCUT2D eigenvalue weighted by molar-refractivity contribution is 1.07. The molecule has 0 atom stereocenters. The quantitative estimate of drug-likeness (QED) is 0.166. The molecule has 0 spiro atoms. The maximum Gasteiger partial charge on any atom is 0.164 e. The smallest absolute Gasteiger partial charge is 0.164 e. The summed E-state index contributed by atoms with van der Waals surface area (Å²) in [4.78, 5) is 24.7. The Labute approximate surface area is 242 Å². The van der Waals surface area contributed by atoms with E-state index in [1.54, 1.807) is 0 Å². The van der Waals surface area contributed by atoms with Gasteiger partial charge in [0.15, 0.2) is 17.5 Å². The summed E-state index contributed by atoms with van der Waals surface area (Å²) < 4.78 is 0. The van der Waals surface area contributed by atoms with Crippen molar-refractivity contribution in [2.75, 3.05) is 0 Å². The van der Waals surface area contributed by atoms with E-state index >= 15 is 0 Å². The van der Waals surface area contributed by atoms with Crippen LogP contribution in [0.4, 0.5) is 0 Å². The average molecular weight is 538 g/mol. The maximum absolute atomic E-state index is 4.99. The molecule has 0 unspecified atom stereocenters. The van der Waals surface area contributed by atoms with Crippen LogP contribution in [0.25, 0.3) is 78.1 Å². The summed E-state index contributed by atoms with van der Waals surface area (Å²) >= 11 is 0. The average Bonchev–Trinajstić information content (AvgIpc) is 3.08. The summed E-state index contributed by atoms with van der Waals surface area (Å²) in [6, 6.07) is 47.0. The van der Waals surface area contributed by atoms with Crippen molar-refractivity contribution in [3.63, 3.8) is 0 Å². The molecule has 8 rings (SSSR count). The Hall–Kier alpha value is -5.81. The van der Waals surface area contributed by atoms with E-state index < -0.39 is 0 Å². The van der Waals surface area contributed by atoms with Crippen molar-refractivity contribution in [2.45, 2.75) is 0 Å². The zero-order valence-corrected chi connectivity index (χ0v) is 22.5. The van der Waals surface area contributed by atoms with Crippen molar-refractivity contribution < 1.29 is 0 Å². The molecule has 196 valence electrons. The zero-order valence-electron chi connectivity index (χ0n) is 22.5. The Morgan fingerprint density at radius 2 is 0.810 bits per heavy atom. The van der Waals surface area contributed by atoms with Crippen molar-refractivity contribution in [3.8, 4) is 45.3 Å². The number of para-hydroxylation sites is 2. The molecule has 0 aliphatic rings. The Morgan fingerprint density at radius 1 is 0.310 bits per heavy atom. The highest BCUT2D eigenvalue weighted by Gasteiger charge is 2.15. The maximum atomic E-state index is 4.99. The minimum absolute atomic E-state index is 0.625. The Bertz CT molecular complexity index is 2190. The lowest BCUT2D eigenvalue weighted by atomic mass is 9.95. The monoisotopic (exact) mass is 537 g/mol. The summed E-state index contributed by atoms with van der Waals surface area (Å²) in [5.41, 5.74) is 8.50. The molecule has 8 aromatic rings. The van der Waals surface area contributed by atoms with Crippen molar-refractivity contribution in [1.82, 2.24) is 24.9 Å². The highest BCUT2D eigenvalue weighted by Crippen LogP contribution is 2.36. The third-order valence-electron chi connectivity index (χ3n) is 7.48. The second-order valence-electron chi connectivity index (χ2n) is 10.2. The van der Waals surface area contributed by atoms with Crippen molar-refractivity contribution in [3.05, 3.63) is 140 Å². The van der Waals surface area contributed by atoms with Crippen LogP contribution in [0.1, 0.15) is 0 Å².